The SMILES string of the molecule is NCCCC#Cc1cn([C@H]2C[C@H](O)[C@@H](COP(=O)(O)OP(=O)(O)OP(=O)(O)O)O2)c2ncnc(N)c12. The van der Waals surface area contributed by atoms with Gasteiger partial charge in [-0.25, -0.2) is 23.7 Å². The number of phosphoric acid groups is 3. The number of anilines is 1. The van der Waals surface area contributed by atoms with Gasteiger partial charge in [0.25, 0.3) is 0 Å². The minimum Gasteiger partial charge on any atom is -0.390 e. The largest absolute Gasteiger partial charge is 0.490 e. The van der Waals surface area contributed by atoms with Crippen LogP contribution in [0.3, 0.4) is 0 Å². The molecular weight excluding hydrogens is 547 g/mol. The normalized spacial score (nSPS) is 23.7. The third-order valence-electron chi connectivity index (χ3n) is 4.70. The molecule has 0 bridgehead atoms. The number of nitrogen functional groups attached to an aromatic ring is 1. The van der Waals surface area contributed by atoms with Crippen molar-refractivity contribution in [2.24, 2.45) is 5.73 Å². The average molecular weight is 571 g/mol. The van der Waals surface area contributed by atoms with Crippen LogP contribution in [0, 0.1) is 11.8 Å². The van der Waals surface area contributed by atoms with E-state index in [4.69, 9.17) is 26.0 Å². The zero-order valence-electron chi connectivity index (χ0n) is 18.4. The molecule has 2 aromatic rings. The van der Waals surface area contributed by atoms with Crippen LogP contribution in [-0.4, -0.2) is 64.6 Å². The Kier molecular flexibility index (Phi) is 9.08. The molecule has 0 aromatic carbocycles. The topological polar surface area (TPSA) is 272 Å². The fraction of sp³-hybridized carbons (Fsp3) is 0.500. The van der Waals surface area contributed by atoms with Crippen LogP contribution in [0.2, 0.25) is 0 Å². The summed E-state index contributed by atoms with van der Waals surface area (Å²) in [5, 5.41) is 10.8. The molecule has 0 aliphatic carbocycles. The Labute approximate surface area is 203 Å². The Balaban J connectivity index is 1.73. The number of rotatable bonds is 10. The molecule has 1 aliphatic rings. The van der Waals surface area contributed by atoms with Crippen molar-refractivity contribution >= 4 is 40.3 Å². The molecule has 5 atom stereocenters. The molecule has 9 N–H and O–H groups in total. The van der Waals surface area contributed by atoms with E-state index in [1.165, 1.54) is 6.33 Å². The highest BCUT2D eigenvalue weighted by Gasteiger charge is 2.43. The van der Waals surface area contributed by atoms with E-state index in [1.54, 1.807) is 10.8 Å². The smallest absolute Gasteiger partial charge is 0.390 e. The van der Waals surface area contributed by atoms with Crippen LogP contribution in [0.4, 0.5) is 5.82 Å². The quantitative estimate of drug-likeness (QED) is 0.113. The van der Waals surface area contributed by atoms with E-state index < -0.39 is 48.5 Å². The van der Waals surface area contributed by atoms with Crippen molar-refractivity contribution in [3.05, 3.63) is 18.1 Å². The minimum absolute atomic E-state index is 0.0157. The summed E-state index contributed by atoms with van der Waals surface area (Å²) in [5.41, 5.74) is 12.3. The maximum atomic E-state index is 11.9. The summed E-state index contributed by atoms with van der Waals surface area (Å²) in [7, 11) is -16.6. The monoisotopic (exact) mass is 571 g/mol. The van der Waals surface area contributed by atoms with E-state index >= 15 is 0 Å². The fourth-order valence-corrected chi connectivity index (χ4v) is 6.31. The number of nitrogens with zero attached hydrogens (tertiary/aromatic N) is 3. The zero-order chi connectivity index (χ0) is 26.7. The number of aliphatic hydroxyl groups is 1. The van der Waals surface area contributed by atoms with Gasteiger partial charge in [-0.05, 0) is 13.0 Å². The molecule has 1 saturated heterocycles. The van der Waals surface area contributed by atoms with Crippen LogP contribution < -0.4 is 11.5 Å². The summed E-state index contributed by atoms with van der Waals surface area (Å²) in [6.07, 6.45) is 0.799. The Morgan fingerprint density at radius 3 is 2.56 bits per heavy atom. The van der Waals surface area contributed by atoms with Crippen molar-refractivity contribution < 1.29 is 56.3 Å². The summed E-state index contributed by atoms with van der Waals surface area (Å²) < 4.78 is 53.2. The predicted molar refractivity (Wildman–Crippen MR) is 121 cm³/mol. The first kappa shape index (κ1) is 28.8. The highest BCUT2D eigenvalue weighted by atomic mass is 31.3. The lowest BCUT2D eigenvalue weighted by Crippen LogP contribution is -2.26. The van der Waals surface area contributed by atoms with Crippen molar-refractivity contribution in [3.8, 4) is 11.8 Å². The minimum atomic E-state index is -5.67. The van der Waals surface area contributed by atoms with Crippen molar-refractivity contribution in [2.75, 3.05) is 18.9 Å². The predicted octanol–water partition coefficient (Wildman–Crippen LogP) is 0.0956. The summed E-state index contributed by atoms with van der Waals surface area (Å²) in [5.74, 6) is 6.12. The standard InChI is InChI=1S/C16H24N5O12P3/c17-5-3-1-2-4-10-7-21(16-14(10)15(18)19-9-20-16)13-6-11(22)12(31-13)8-30-35(26,27)33-36(28,29)32-34(23,24)25/h7,9,11-13,22H,1,3,5-6,8,17H2,(H,26,27)(H,28,29)(H2,18,19,20)(H2,23,24,25)/t11-,12+,13+/m0/s1. The van der Waals surface area contributed by atoms with E-state index in [0.29, 0.717) is 36.0 Å². The summed E-state index contributed by atoms with van der Waals surface area (Å²) in [4.78, 5) is 44.2. The molecule has 2 unspecified atom stereocenters. The van der Waals surface area contributed by atoms with Crippen molar-refractivity contribution in [3.63, 3.8) is 0 Å². The van der Waals surface area contributed by atoms with Crippen LogP contribution in [-0.2, 0) is 31.6 Å². The number of nitrogens with two attached hydrogens (primary N) is 2. The number of phosphoric ester groups is 1. The van der Waals surface area contributed by atoms with E-state index in [0.717, 1.165) is 0 Å². The van der Waals surface area contributed by atoms with Crippen LogP contribution >= 0.6 is 23.5 Å². The Morgan fingerprint density at radius 2 is 1.89 bits per heavy atom. The molecular formula is C16H24N5O12P3. The Morgan fingerprint density at radius 1 is 1.17 bits per heavy atom. The summed E-state index contributed by atoms with van der Waals surface area (Å²) in [6, 6.07) is 0. The molecule has 36 heavy (non-hydrogen) atoms. The van der Waals surface area contributed by atoms with Crippen LogP contribution in [0.25, 0.3) is 11.0 Å². The number of aromatic nitrogens is 3. The zero-order valence-corrected chi connectivity index (χ0v) is 21.0. The van der Waals surface area contributed by atoms with Gasteiger partial charge in [0, 0.05) is 19.0 Å². The Bertz CT molecular complexity index is 1300. The average Bonchev–Trinajstić information content (AvgIpc) is 3.28. The maximum absolute atomic E-state index is 11.9. The number of fused-ring (bicyclic) bond motifs is 1. The molecule has 2 aromatic heterocycles. The van der Waals surface area contributed by atoms with Gasteiger partial charge in [0.2, 0.25) is 0 Å². The molecule has 0 spiro atoms. The van der Waals surface area contributed by atoms with Crippen molar-refractivity contribution in [1.82, 2.24) is 14.5 Å². The first-order valence-electron chi connectivity index (χ1n) is 10.1. The molecule has 3 rings (SSSR count). The number of unbranched alkanes of at least 4 members (excludes halogenated alkanes) is 1. The molecule has 1 fully saturated rings. The first-order chi connectivity index (χ1) is 16.7. The lowest BCUT2D eigenvalue weighted by Gasteiger charge is -2.19. The lowest BCUT2D eigenvalue weighted by atomic mass is 10.2. The maximum Gasteiger partial charge on any atom is 0.490 e. The van der Waals surface area contributed by atoms with Gasteiger partial charge in [-0.1, -0.05) is 11.8 Å². The number of hydrogen-bond acceptors (Lipinski definition) is 12. The highest BCUT2D eigenvalue weighted by Crippen LogP contribution is 2.66. The van der Waals surface area contributed by atoms with Gasteiger partial charge in [0.15, 0.2) is 0 Å². The van der Waals surface area contributed by atoms with Gasteiger partial charge in [0.1, 0.15) is 30.1 Å². The van der Waals surface area contributed by atoms with Gasteiger partial charge in [-0.3, -0.25) is 4.52 Å². The third kappa shape index (κ3) is 7.64. The number of hydrogen-bond donors (Lipinski definition) is 7. The van der Waals surface area contributed by atoms with Crippen molar-refractivity contribution in [2.45, 2.75) is 37.7 Å². The first-order valence-corrected chi connectivity index (χ1v) is 14.7. The number of aliphatic hydroxyl groups excluding tert-OH is 1. The number of ether oxygens (including phenoxy) is 1. The van der Waals surface area contributed by atoms with Gasteiger partial charge >= 0.3 is 23.5 Å². The Hall–Kier alpha value is -1.73. The second kappa shape index (κ2) is 11.3. The third-order valence-corrected chi connectivity index (χ3v) is 8.50. The second-order valence-corrected chi connectivity index (χ2v) is 11.8. The molecule has 1 aliphatic heterocycles. The molecule has 17 nitrogen and oxygen atoms in total. The van der Waals surface area contributed by atoms with E-state index in [-0.39, 0.29) is 12.2 Å². The van der Waals surface area contributed by atoms with Crippen molar-refractivity contribution in [1.29, 1.82) is 0 Å². The molecule has 3 heterocycles. The van der Waals surface area contributed by atoms with Gasteiger partial charge in [-0.2, -0.15) is 8.62 Å². The van der Waals surface area contributed by atoms with E-state index in [2.05, 4.69) is 35.0 Å². The van der Waals surface area contributed by atoms with Crippen LogP contribution in [0.5, 0.6) is 0 Å². The fourth-order valence-electron chi connectivity index (χ4n) is 3.28. The molecule has 0 amide bonds. The highest BCUT2D eigenvalue weighted by molar-refractivity contribution is 7.66. The summed E-state index contributed by atoms with van der Waals surface area (Å²) in [6.45, 7) is -0.319. The molecule has 20 heteroatoms. The summed E-state index contributed by atoms with van der Waals surface area (Å²) >= 11 is 0. The molecule has 0 radical (unpaired) electrons. The van der Waals surface area contributed by atoms with Crippen LogP contribution in [0.1, 0.15) is 31.1 Å². The van der Waals surface area contributed by atoms with Gasteiger partial charge in [0.05, 0.1) is 23.7 Å². The second-order valence-electron chi connectivity index (χ2n) is 7.42. The molecule has 200 valence electrons. The van der Waals surface area contributed by atoms with E-state index in [1.807, 2.05) is 0 Å². The van der Waals surface area contributed by atoms with Gasteiger partial charge < -0.3 is 45.5 Å². The van der Waals surface area contributed by atoms with E-state index in [9.17, 15) is 28.6 Å². The van der Waals surface area contributed by atoms with Crippen LogP contribution in [0.15, 0.2) is 12.5 Å². The molecule has 0 saturated carbocycles. The lowest BCUT2D eigenvalue weighted by molar-refractivity contribution is -0.0421. The van der Waals surface area contributed by atoms with Gasteiger partial charge in [-0.15, -0.1) is 0 Å².